The molecule has 0 bridgehead atoms. The van der Waals surface area contributed by atoms with E-state index in [1.54, 1.807) is 42.5 Å². The van der Waals surface area contributed by atoms with Crippen molar-refractivity contribution in [2.75, 3.05) is 18.5 Å². The molecule has 0 spiro atoms. The van der Waals surface area contributed by atoms with Gasteiger partial charge in [-0.05, 0) is 63.1 Å². The van der Waals surface area contributed by atoms with Crippen molar-refractivity contribution < 1.29 is 14.3 Å². The van der Waals surface area contributed by atoms with E-state index in [-0.39, 0.29) is 18.0 Å². The van der Waals surface area contributed by atoms with Gasteiger partial charge in [-0.2, -0.15) is 0 Å². The van der Waals surface area contributed by atoms with E-state index in [1.165, 1.54) is 9.75 Å². The highest BCUT2D eigenvalue weighted by molar-refractivity contribution is 7.12. The molecule has 144 valence electrons. The van der Waals surface area contributed by atoms with Crippen LogP contribution in [0, 0.1) is 6.92 Å². The molecule has 0 aliphatic carbocycles. The molecule has 5 nitrogen and oxygen atoms in total. The normalized spacial score (nSPS) is 17.3. The molecule has 1 aromatic carbocycles. The summed E-state index contributed by atoms with van der Waals surface area (Å²) in [5, 5.41) is 2.98. The van der Waals surface area contributed by atoms with Gasteiger partial charge in [-0.25, -0.2) is 9.59 Å². The van der Waals surface area contributed by atoms with Crippen molar-refractivity contribution in [2.24, 2.45) is 0 Å². The average Bonchev–Trinajstić information content (AvgIpc) is 2.94. The minimum absolute atomic E-state index is 0.0863. The number of esters is 1. The van der Waals surface area contributed by atoms with Gasteiger partial charge >= 0.3 is 12.0 Å². The largest absolute Gasteiger partial charge is 0.462 e. The SMILES string of the molecule is CCOC(=O)c1ccc(NC(=O)N2CCCCC[C@H]2c2ccc(C)s2)cc1. The fourth-order valence-electron chi connectivity index (χ4n) is 3.38. The fourth-order valence-corrected chi connectivity index (χ4v) is 4.40. The van der Waals surface area contributed by atoms with Crippen LogP contribution >= 0.6 is 11.3 Å². The molecule has 0 saturated carbocycles. The van der Waals surface area contributed by atoms with Crippen LogP contribution in [0.25, 0.3) is 0 Å². The molecule has 1 saturated heterocycles. The Hall–Kier alpha value is -2.34. The minimum Gasteiger partial charge on any atom is -0.462 e. The predicted octanol–water partition coefficient (Wildman–Crippen LogP) is 5.38. The zero-order valence-corrected chi connectivity index (χ0v) is 16.7. The smallest absolute Gasteiger partial charge is 0.338 e. The van der Waals surface area contributed by atoms with Crippen molar-refractivity contribution in [3.05, 3.63) is 51.7 Å². The number of amides is 2. The third-order valence-electron chi connectivity index (χ3n) is 4.75. The minimum atomic E-state index is -0.351. The number of urea groups is 1. The van der Waals surface area contributed by atoms with Gasteiger partial charge < -0.3 is 15.0 Å². The summed E-state index contributed by atoms with van der Waals surface area (Å²) in [4.78, 5) is 29.2. The van der Waals surface area contributed by atoms with Gasteiger partial charge in [-0.15, -0.1) is 11.3 Å². The van der Waals surface area contributed by atoms with Gasteiger partial charge in [-0.1, -0.05) is 12.8 Å². The van der Waals surface area contributed by atoms with E-state index in [0.29, 0.717) is 17.9 Å². The van der Waals surface area contributed by atoms with Crippen LogP contribution in [-0.4, -0.2) is 30.1 Å². The first-order chi connectivity index (χ1) is 13.1. The first-order valence-electron chi connectivity index (χ1n) is 9.49. The molecule has 1 aliphatic heterocycles. The number of hydrogen-bond donors (Lipinski definition) is 1. The summed E-state index contributed by atoms with van der Waals surface area (Å²) in [5.74, 6) is -0.351. The summed E-state index contributed by atoms with van der Waals surface area (Å²) < 4.78 is 4.99. The molecule has 2 amide bonds. The Kier molecular flexibility index (Phi) is 6.50. The topological polar surface area (TPSA) is 58.6 Å². The Morgan fingerprint density at radius 3 is 2.59 bits per heavy atom. The molecule has 0 unspecified atom stereocenters. The van der Waals surface area contributed by atoms with Crippen molar-refractivity contribution in [1.82, 2.24) is 4.90 Å². The van der Waals surface area contributed by atoms with E-state index in [9.17, 15) is 9.59 Å². The highest BCUT2D eigenvalue weighted by atomic mass is 32.1. The van der Waals surface area contributed by atoms with Crippen molar-refractivity contribution in [3.8, 4) is 0 Å². The van der Waals surface area contributed by atoms with Gasteiger partial charge in [0.2, 0.25) is 0 Å². The van der Waals surface area contributed by atoms with Gasteiger partial charge in [-0.3, -0.25) is 0 Å². The van der Waals surface area contributed by atoms with E-state index >= 15 is 0 Å². The van der Waals surface area contributed by atoms with Gasteiger partial charge in [0, 0.05) is 22.0 Å². The number of anilines is 1. The molecule has 0 radical (unpaired) electrons. The molecule has 1 aliphatic rings. The molecule has 1 aromatic heterocycles. The second-order valence-corrected chi connectivity index (χ2v) is 8.05. The quantitative estimate of drug-likeness (QED) is 0.718. The lowest BCUT2D eigenvalue weighted by Gasteiger charge is -2.29. The van der Waals surface area contributed by atoms with Crippen LogP contribution in [0.3, 0.4) is 0 Å². The van der Waals surface area contributed by atoms with Crippen LogP contribution < -0.4 is 5.32 Å². The number of likely N-dealkylation sites (tertiary alicyclic amines) is 1. The second-order valence-electron chi connectivity index (χ2n) is 6.73. The highest BCUT2D eigenvalue weighted by Crippen LogP contribution is 2.34. The number of nitrogens with zero attached hydrogens (tertiary/aromatic N) is 1. The monoisotopic (exact) mass is 386 g/mol. The van der Waals surface area contributed by atoms with Crippen molar-refractivity contribution in [2.45, 2.75) is 45.6 Å². The lowest BCUT2D eigenvalue weighted by molar-refractivity contribution is 0.0526. The molecule has 27 heavy (non-hydrogen) atoms. The first-order valence-corrected chi connectivity index (χ1v) is 10.3. The number of aryl methyl sites for hydroxylation is 1. The van der Waals surface area contributed by atoms with Crippen LogP contribution in [0.4, 0.5) is 10.5 Å². The number of benzene rings is 1. The Morgan fingerprint density at radius 2 is 1.93 bits per heavy atom. The summed E-state index contributed by atoms with van der Waals surface area (Å²) in [6.45, 7) is 4.98. The number of carbonyl (C=O) groups is 2. The third-order valence-corrected chi connectivity index (χ3v) is 5.85. The van der Waals surface area contributed by atoms with E-state index in [2.05, 4.69) is 24.4 Å². The zero-order valence-electron chi connectivity index (χ0n) is 15.9. The van der Waals surface area contributed by atoms with Crippen molar-refractivity contribution in [1.29, 1.82) is 0 Å². The number of carbonyl (C=O) groups excluding carboxylic acids is 2. The summed E-state index contributed by atoms with van der Waals surface area (Å²) in [7, 11) is 0. The Bertz CT molecular complexity index is 785. The Morgan fingerprint density at radius 1 is 1.15 bits per heavy atom. The van der Waals surface area contributed by atoms with Crippen LogP contribution in [-0.2, 0) is 4.74 Å². The summed E-state index contributed by atoms with van der Waals surface area (Å²) in [6, 6.07) is 11.1. The lowest BCUT2D eigenvalue weighted by atomic mass is 10.1. The summed E-state index contributed by atoms with van der Waals surface area (Å²) >= 11 is 1.77. The number of nitrogens with one attached hydrogen (secondary N) is 1. The molecule has 1 atom stereocenters. The average molecular weight is 387 g/mol. The molecular weight excluding hydrogens is 360 g/mol. The van der Waals surface area contributed by atoms with Crippen LogP contribution in [0.15, 0.2) is 36.4 Å². The van der Waals surface area contributed by atoms with Crippen molar-refractivity contribution in [3.63, 3.8) is 0 Å². The van der Waals surface area contributed by atoms with Crippen molar-refractivity contribution >= 4 is 29.0 Å². The Balaban J connectivity index is 1.71. The third kappa shape index (κ3) is 4.89. The number of ether oxygens (including phenoxy) is 1. The number of rotatable bonds is 4. The van der Waals surface area contributed by atoms with Gasteiger partial charge in [0.1, 0.15) is 0 Å². The van der Waals surface area contributed by atoms with Gasteiger partial charge in [0.25, 0.3) is 0 Å². The summed E-state index contributed by atoms with van der Waals surface area (Å²) in [5.41, 5.74) is 1.16. The maximum absolute atomic E-state index is 13.0. The van der Waals surface area contributed by atoms with Crippen LogP contribution in [0.2, 0.25) is 0 Å². The molecule has 2 heterocycles. The second kappa shape index (κ2) is 9.04. The fraction of sp³-hybridized carbons (Fsp3) is 0.429. The molecule has 1 N–H and O–H groups in total. The van der Waals surface area contributed by atoms with Crippen LogP contribution in [0.5, 0.6) is 0 Å². The standard InChI is InChI=1S/C21H26N2O3S/c1-3-26-20(24)16-9-11-17(12-10-16)22-21(25)23-14-6-4-5-7-18(23)19-13-8-15(2)27-19/h8-13,18H,3-7,14H2,1-2H3,(H,22,25)/t18-/m0/s1. The highest BCUT2D eigenvalue weighted by Gasteiger charge is 2.27. The zero-order chi connectivity index (χ0) is 19.2. The maximum Gasteiger partial charge on any atom is 0.338 e. The number of thiophene rings is 1. The van der Waals surface area contributed by atoms with E-state index in [4.69, 9.17) is 4.74 Å². The van der Waals surface area contributed by atoms with E-state index in [0.717, 1.165) is 32.2 Å². The summed E-state index contributed by atoms with van der Waals surface area (Å²) in [6.07, 6.45) is 4.31. The molecule has 3 rings (SSSR count). The molecule has 2 aromatic rings. The number of hydrogen-bond acceptors (Lipinski definition) is 4. The lowest BCUT2D eigenvalue weighted by Crippen LogP contribution is -2.37. The maximum atomic E-state index is 13.0. The molecule has 6 heteroatoms. The first kappa shape index (κ1) is 19.4. The molecule has 1 fully saturated rings. The predicted molar refractivity (Wildman–Crippen MR) is 108 cm³/mol. The van der Waals surface area contributed by atoms with Crippen LogP contribution in [0.1, 0.15) is 58.8 Å². The van der Waals surface area contributed by atoms with Gasteiger partial charge in [0.05, 0.1) is 18.2 Å². The van der Waals surface area contributed by atoms with Gasteiger partial charge in [0.15, 0.2) is 0 Å². The van der Waals surface area contributed by atoms with E-state index < -0.39 is 0 Å². The van der Waals surface area contributed by atoms with E-state index in [1.807, 2.05) is 4.90 Å². The molecular formula is C21H26N2O3S. The Labute approximate surface area is 164 Å².